The summed E-state index contributed by atoms with van der Waals surface area (Å²) in [5.74, 6) is -0.290. The first-order valence-electron chi connectivity index (χ1n) is 7.12. The fourth-order valence-electron chi connectivity index (χ4n) is 2.20. The van der Waals surface area contributed by atoms with Crippen molar-refractivity contribution in [2.75, 3.05) is 6.54 Å². The van der Waals surface area contributed by atoms with E-state index in [-0.39, 0.29) is 5.82 Å². The van der Waals surface area contributed by atoms with E-state index in [4.69, 9.17) is 0 Å². The van der Waals surface area contributed by atoms with Crippen LogP contribution in [-0.2, 0) is 6.54 Å². The first-order chi connectivity index (χ1) is 10.1. The second-order valence-electron chi connectivity index (χ2n) is 5.45. The number of benzene rings is 1. The van der Waals surface area contributed by atoms with Crippen LogP contribution in [0.1, 0.15) is 31.1 Å². The van der Waals surface area contributed by atoms with Crippen molar-refractivity contribution in [2.24, 2.45) is 0 Å². The zero-order valence-electron chi connectivity index (χ0n) is 12.4. The van der Waals surface area contributed by atoms with Crippen LogP contribution in [0.15, 0.2) is 48.8 Å². The smallest absolute Gasteiger partial charge is 0.123 e. The number of nitrogens with zero attached hydrogens (tertiary/aromatic N) is 2. The Morgan fingerprint density at radius 2 is 1.90 bits per heavy atom. The van der Waals surface area contributed by atoms with Crippen molar-refractivity contribution < 1.29 is 9.50 Å². The normalized spacial score (nSPS) is 12.9. The Balaban J connectivity index is 2.04. The van der Waals surface area contributed by atoms with Gasteiger partial charge in [-0.25, -0.2) is 4.39 Å². The van der Waals surface area contributed by atoms with Crippen LogP contribution >= 0.6 is 0 Å². The molecule has 1 aromatic carbocycles. The number of halogens is 1. The number of hydrogen-bond acceptors (Lipinski definition) is 3. The molecule has 21 heavy (non-hydrogen) atoms. The molecule has 0 radical (unpaired) electrons. The van der Waals surface area contributed by atoms with E-state index in [0.717, 1.165) is 17.7 Å². The quantitative estimate of drug-likeness (QED) is 0.887. The Bertz CT molecular complexity index is 542. The van der Waals surface area contributed by atoms with Gasteiger partial charge in [0.1, 0.15) is 5.82 Å². The molecule has 4 heteroatoms. The van der Waals surface area contributed by atoms with Gasteiger partial charge in [0.15, 0.2) is 0 Å². The second kappa shape index (κ2) is 7.29. The molecule has 3 nitrogen and oxygen atoms in total. The SMILES string of the molecule is CC(C)N(Cc1cccnc1)CC(O)c1ccc(F)cc1. The third-order valence-electron chi connectivity index (χ3n) is 3.50. The standard InChI is InChI=1S/C17H21FN2O/c1-13(2)20(11-14-4-3-9-19-10-14)12-17(21)15-5-7-16(18)8-6-15/h3-10,13,17,21H,11-12H2,1-2H3. The Kier molecular flexibility index (Phi) is 5.42. The molecule has 2 aromatic rings. The molecule has 0 bridgehead atoms. The van der Waals surface area contributed by atoms with Gasteiger partial charge in [-0.15, -0.1) is 0 Å². The molecule has 1 atom stereocenters. The topological polar surface area (TPSA) is 36.4 Å². The minimum absolute atomic E-state index is 0.290. The summed E-state index contributed by atoms with van der Waals surface area (Å²) in [6, 6.07) is 10.2. The zero-order valence-corrected chi connectivity index (χ0v) is 12.4. The number of aliphatic hydroxyl groups is 1. The van der Waals surface area contributed by atoms with Crippen molar-refractivity contribution in [1.29, 1.82) is 0 Å². The number of pyridine rings is 1. The Hall–Kier alpha value is -1.78. The Morgan fingerprint density at radius 3 is 2.48 bits per heavy atom. The van der Waals surface area contributed by atoms with Gasteiger partial charge in [0.2, 0.25) is 0 Å². The first-order valence-corrected chi connectivity index (χ1v) is 7.12. The van der Waals surface area contributed by atoms with Gasteiger partial charge < -0.3 is 5.11 Å². The van der Waals surface area contributed by atoms with Gasteiger partial charge in [0.25, 0.3) is 0 Å². The van der Waals surface area contributed by atoms with Crippen LogP contribution in [-0.4, -0.2) is 27.6 Å². The van der Waals surface area contributed by atoms with E-state index in [9.17, 15) is 9.50 Å². The first kappa shape index (κ1) is 15.6. The average molecular weight is 288 g/mol. The molecular formula is C17H21FN2O. The second-order valence-corrected chi connectivity index (χ2v) is 5.45. The lowest BCUT2D eigenvalue weighted by atomic mass is 10.1. The van der Waals surface area contributed by atoms with Gasteiger partial charge in [-0.3, -0.25) is 9.88 Å². The number of aromatic nitrogens is 1. The van der Waals surface area contributed by atoms with Crippen molar-refractivity contribution in [2.45, 2.75) is 32.5 Å². The lowest BCUT2D eigenvalue weighted by molar-refractivity contribution is 0.0907. The van der Waals surface area contributed by atoms with Crippen LogP contribution in [0.2, 0.25) is 0 Å². The van der Waals surface area contributed by atoms with Crippen LogP contribution < -0.4 is 0 Å². The van der Waals surface area contributed by atoms with Crippen molar-refractivity contribution in [3.05, 3.63) is 65.7 Å². The molecule has 0 aliphatic heterocycles. The Morgan fingerprint density at radius 1 is 1.19 bits per heavy atom. The Labute approximate surface area is 125 Å². The molecule has 0 saturated heterocycles. The van der Waals surface area contributed by atoms with E-state index in [2.05, 4.69) is 23.7 Å². The van der Waals surface area contributed by atoms with Crippen LogP contribution in [0.4, 0.5) is 4.39 Å². The third-order valence-corrected chi connectivity index (χ3v) is 3.50. The van der Waals surface area contributed by atoms with Crippen molar-refractivity contribution >= 4 is 0 Å². The summed E-state index contributed by atoms with van der Waals surface area (Å²) in [5, 5.41) is 10.3. The predicted molar refractivity (Wildman–Crippen MR) is 81.1 cm³/mol. The van der Waals surface area contributed by atoms with Crippen LogP contribution in [0.3, 0.4) is 0 Å². The van der Waals surface area contributed by atoms with E-state index in [1.165, 1.54) is 12.1 Å². The summed E-state index contributed by atoms with van der Waals surface area (Å²) >= 11 is 0. The van der Waals surface area contributed by atoms with E-state index in [0.29, 0.717) is 12.6 Å². The maximum Gasteiger partial charge on any atom is 0.123 e. The lowest BCUT2D eigenvalue weighted by Gasteiger charge is -2.28. The van der Waals surface area contributed by atoms with Gasteiger partial charge in [0, 0.05) is 31.5 Å². The molecule has 112 valence electrons. The van der Waals surface area contributed by atoms with Crippen LogP contribution in [0, 0.1) is 5.82 Å². The molecular weight excluding hydrogens is 267 g/mol. The minimum atomic E-state index is -0.635. The van der Waals surface area contributed by atoms with Gasteiger partial charge in [-0.1, -0.05) is 18.2 Å². The van der Waals surface area contributed by atoms with Crippen molar-refractivity contribution in [1.82, 2.24) is 9.88 Å². The molecule has 2 rings (SSSR count). The summed E-state index contributed by atoms with van der Waals surface area (Å²) < 4.78 is 12.9. The van der Waals surface area contributed by atoms with Crippen LogP contribution in [0.25, 0.3) is 0 Å². The van der Waals surface area contributed by atoms with Gasteiger partial charge >= 0.3 is 0 Å². The number of hydrogen-bond donors (Lipinski definition) is 1. The molecule has 0 amide bonds. The molecule has 1 unspecified atom stereocenters. The maximum atomic E-state index is 12.9. The molecule has 0 aliphatic carbocycles. The largest absolute Gasteiger partial charge is 0.387 e. The fraction of sp³-hybridized carbons (Fsp3) is 0.353. The average Bonchev–Trinajstić information content (AvgIpc) is 2.48. The van der Waals surface area contributed by atoms with E-state index < -0.39 is 6.10 Å². The van der Waals surface area contributed by atoms with Crippen molar-refractivity contribution in [3.8, 4) is 0 Å². The highest BCUT2D eigenvalue weighted by Crippen LogP contribution is 2.17. The summed E-state index contributed by atoms with van der Waals surface area (Å²) in [6.07, 6.45) is 2.95. The molecule has 1 N–H and O–H groups in total. The van der Waals surface area contributed by atoms with Gasteiger partial charge in [0.05, 0.1) is 6.10 Å². The van der Waals surface area contributed by atoms with E-state index in [1.54, 1.807) is 18.3 Å². The molecule has 0 saturated carbocycles. The summed E-state index contributed by atoms with van der Waals surface area (Å²) in [6.45, 7) is 5.41. The van der Waals surface area contributed by atoms with Gasteiger partial charge in [-0.2, -0.15) is 0 Å². The van der Waals surface area contributed by atoms with Crippen LogP contribution in [0.5, 0.6) is 0 Å². The summed E-state index contributed by atoms with van der Waals surface area (Å²) in [4.78, 5) is 6.28. The predicted octanol–water partition coefficient (Wildman–Crippen LogP) is 3.16. The monoisotopic (exact) mass is 288 g/mol. The number of aliphatic hydroxyl groups excluding tert-OH is 1. The summed E-state index contributed by atoms with van der Waals surface area (Å²) in [5.41, 5.74) is 1.84. The molecule has 1 heterocycles. The lowest BCUT2D eigenvalue weighted by Crippen LogP contribution is -2.34. The fourth-order valence-corrected chi connectivity index (χ4v) is 2.20. The van der Waals surface area contributed by atoms with Gasteiger partial charge in [-0.05, 0) is 43.2 Å². The van der Waals surface area contributed by atoms with Crippen molar-refractivity contribution in [3.63, 3.8) is 0 Å². The minimum Gasteiger partial charge on any atom is -0.387 e. The molecule has 0 fully saturated rings. The highest BCUT2D eigenvalue weighted by molar-refractivity contribution is 5.19. The van der Waals surface area contributed by atoms with E-state index >= 15 is 0 Å². The highest BCUT2D eigenvalue weighted by atomic mass is 19.1. The molecule has 0 spiro atoms. The van der Waals surface area contributed by atoms with E-state index in [1.807, 2.05) is 18.3 Å². The summed E-state index contributed by atoms with van der Waals surface area (Å²) in [7, 11) is 0. The molecule has 0 aliphatic rings. The third kappa shape index (κ3) is 4.62. The number of rotatable bonds is 6. The zero-order chi connectivity index (χ0) is 15.2. The highest BCUT2D eigenvalue weighted by Gasteiger charge is 2.16. The maximum absolute atomic E-state index is 12.9. The molecule has 1 aromatic heterocycles.